The molecule has 156 valence electrons. The molecule has 2 aromatic rings. The van der Waals surface area contributed by atoms with Crippen LogP contribution in [0.15, 0.2) is 52.3 Å². The van der Waals surface area contributed by atoms with Crippen LogP contribution in [0.5, 0.6) is 0 Å². The minimum atomic E-state index is 0.109. The number of hydrogen-bond donors (Lipinski definition) is 1. The van der Waals surface area contributed by atoms with Crippen molar-refractivity contribution in [3.63, 3.8) is 0 Å². The van der Waals surface area contributed by atoms with Crippen molar-refractivity contribution in [1.82, 2.24) is 4.90 Å². The van der Waals surface area contributed by atoms with Gasteiger partial charge in [0.25, 0.3) is 0 Å². The van der Waals surface area contributed by atoms with E-state index in [0.717, 1.165) is 44.0 Å². The Morgan fingerprint density at radius 3 is 2.66 bits per heavy atom. The smallest absolute Gasteiger partial charge is 0.0701 e. The van der Waals surface area contributed by atoms with E-state index in [1.807, 2.05) is 17.8 Å². The van der Waals surface area contributed by atoms with Crippen LogP contribution in [-0.4, -0.2) is 55.5 Å². The van der Waals surface area contributed by atoms with Crippen molar-refractivity contribution in [1.29, 1.82) is 0 Å². The topological polar surface area (TPSA) is 35.9 Å². The number of nitrogens with zero attached hydrogens (tertiary/aromatic N) is 2. The highest BCUT2D eigenvalue weighted by molar-refractivity contribution is 7.99. The van der Waals surface area contributed by atoms with Gasteiger partial charge < -0.3 is 19.6 Å². The molecule has 2 aromatic carbocycles. The lowest BCUT2D eigenvalue weighted by Gasteiger charge is -2.37. The first-order chi connectivity index (χ1) is 14.1. The number of piperidine rings is 1. The predicted molar refractivity (Wildman–Crippen MR) is 121 cm³/mol. The summed E-state index contributed by atoms with van der Waals surface area (Å²) < 4.78 is 5.70. The number of aliphatic hydroxyl groups is 1. The molecule has 1 fully saturated rings. The molecule has 4 nitrogen and oxygen atoms in total. The van der Waals surface area contributed by atoms with E-state index in [1.54, 1.807) is 0 Å². The summed E-state index contributed by atoms with van der Waals surface area (Å²) in [6.45, 7) is 7.07. The molecule has 29 heavy (non-hydrogen) atoms. The Balaban J connectivity index is 1.42. The van der Waals surface area contributed by atoms with Crippen LogP contribution in [0.25, 0.3) is 0 Å². The lowest BCUT2D eigenvalue weighted by molar-refractivity contribution is -0.00942. The van der Waals surface area contributed by atoms with E-state index in [-0.39, 0.29) is 6.61 Å². The minimum absolute atomic E-state index is 0.109. The molecule has 0 saturated carbocycles. The second-order valence-electron chi connectivity index (χ2n) is 7.99. The molecule has 6 heteroatoms. The molecule has 1 N–H and O–H groups in total. The van der Waals surface area contributed by atoms with Gasteiger partial charge in [0.2, 0.25) is 0 Å². The number of rotatable bonds is 7. The quantitative estimate of drug-likeness (QED) is 0.662. The van der Waals surface area contributed by atoms with Gasteiger partial charge in [-0.1, -0.05) is 42.4 Å². The van der Waals surface area contributed by atoms with Gasteiger partial charge in [-0.15, -0.1) is 0 Å². The average molecular weight is 433 g/mol. The number of fused-ring (bicyclic) bond motifs is 2. The number of anilines is 2. The molecule has 0 radical (unpaired) electrons. The van der Waals surface area contributed by atoms with Crippen molar-refractivity contribution in [2.24, 2.45) is 5.92 Å². The van der Waals surface area contributed by atoms with Crippen LogP contribution in [0.2, 0.25) is 5.02 Å². The fraction of sp³-hybridized carbons (Fsp3) is 0.478. The zero-order valence-electron chi connectivity index (χ0n) is 16.9. The van der Waals surface area contributed by atoms with E-state index in [4.69, 9.17) is 21.4 Å². The van der Waals surface area contributed by atoms with Crippen LogP contribution in [0.1, 0.15) is 19.8 Å². The first kappa shape index (κ1) is 21.0. The summed E-state index contributed by atoms with van der Waals surface area (Å²) in [4.78, 5) is 7.56. The van der Waals surface area contributed by atoms with Gasteiger partial charge in [0.15, 0.2) is 0 Å². The number of likely N-dealkylation sites (tertiary alicyclic amines) is 1. The molecule has 0 amide bonds. The number of benzene rings is 2. The summed E-state index contributed by atoms with van der Waals surface area (Å²) in [5, 5.41) is 9.71. The molecule has 1 saturated heterocycles. The van der Waals surface area contributed by atoms with Crippen LogP contribution in [-0.2, 0) is 4.74 Å². The molecular formula is C23H29ClN2O2S. The maximum atomic E-state index is 8.93. The van der Waals surface area contributed by atoms with Crippen molar-refractivity contribution < 1.29 is 9.84 Å². The number of aliphatic hydroxyl groups excluding tert-OH is 1. The van der Waals surface area contributed by atoms with E-state index in [9.17, 15) is 0 Å². The third kappa shape index (κ3) is 5.09. The average Bonchev–Trinajstić information content (AvgIpc) is 2.73. The number of hydrogen-bond acceptors (Lipinski definition) is 5. The van der Waals surface area contributed by atoms with Gasteiger partial charge in [-0.25, -0.2) is 0 Å². The molecule has 2 aliphatic rings. The Hall–Kier alpha value is -1.24. The highest BCUT2D eigenvalue weighted by atomic mass is 35.5. The van der Waals surface area contributed by atoms with Crippen molar-refractivity contribution in [3.8, 4) is 0 Å². The van der Waals surface area contributed by atoms with Crippen LogP contribution < -0.4 is 4.90 Å². The Labute approximate surface area is 182 Å². The molecule has 2 heterocycles. The van der Waals surface area contributed by atoms with Gasteiger partial charge in [-0.2, -0.15) is 0 Å². The zero-order chi connectivity index (χ0) is 20.2. The largest absolute Gasteiger partial charge is 0.394 e. The number of para-hydroxylation sites is 1. The van der Waals surface area contributed by atoms with Gasteiger partial charge in [0.05, 0.1) is 30.7 Å². The minimum Gasteiger partial charge on any atom is -0.394 e. The third-order valence-corrected chi connectivity index (χ3v) is 7.00. The summed E-state index contributed by atoms with van der Waals surface area (Å²) in [7, 11) is 0. The number of halogens is 1. The normalized spacial score (nSPS) is 18.4. The van der Waals surface area contributed by atoms with E-state index in [0.29, 0.717) is 18.6 Å². The second-order valence-corrected chi connectivity index (χ2v) is 9.51. The lowest BCUT2D eigenvalue weighted by Crippen LogP contribution is -2.41. The van der Waals surface area contributed by atoms with Crippen LogP contribution in [0.3, 0.4) is 0 Å². The lowest BCUT2D eigenvalue weighted by atomic mass is 10.0. The van der Waals surface area contributed by atoms with Crippen LogP contribution >= 0.6 is 23.4 Å². The van der Waals surface area contributed by atoms with Crippen molar-refractivity contribution in [2.75, 3.05) is 44.3 Å². The highest BCUT2D eigenvalue weighted by Crippen LogP contribution is 2.48. The zero-order valence-corrected chi connectivity index (χ0v) is 18.5. The standard InChI is InChI=1S/C23H29ClN2O2S/c1-17(15-25-10-8-19(9-11-25)28-13-12-27)16-26-20-4-2-3-5-22(20)29-23-7-6-18(24)14-21(23)26/h2-7,14,17,19,27H,8-13,15-16H2,1H3. The molecular weight excluding hydrogens is 404 g/mol. The van der Waals surface area contributed by atoms with Gasteiger partial charge in [0.1, 0.15) is 0 Å². The highest BCUT2D eigenvalue weighted by Gasteiger charge is 2.26. The maximum absolute atomic E-state index is 8.93. The number of ether oxygens (including phenoxy) is 1. The molecule has 0 aliphatic carbocycles. The van der Waals surface area contributed by atoms with Crippen molar-refractivity contribution in [3.05, 3.63) is 47.5 Å². The second kappa shape index (κ2) is 9.71. The predicted octanol–water partition coefficient (Wildman–Crippen LogP) is 5.05. The Bertz CT molecular complexity index is 826. The molecule has 1 atom stereocenters. The first-order valence-corrected chi connectivity index (χ1v) is 11.6. The third-order valence-electron chi connectivity index (χ3n) is 5.63. The summed E-state index contributed by atoms with van der Waals surface area (Å²) >= 11 is 8.16. The summed E-state index contributed by atoms with van der Waals surface area (Å²) in [5.74, 6) is 0.521. The fourth-order valence-electron chi connectivity index (χ4n) is 4.29. The van der Waals surface area contributed by atoms with Gasteiger partial charge in [-0.05, 0) is 49.1 Å². The van der Waals surface area contributed by atoms with E-state index < -0.39 is 0 Å². The van der Waals surface area contributed by atoms with Crippen LogP contribution in [0.4, 0.5) is 11.4 Å². The monoisotopic (exact) mass is 432 g/mol. The summed E-state index contributed by atoms with van der Waals surface area (Å²) in [5.41, 5.74) is 2.49. The molecule has 4 rings (SSSR count). The Morgan fingerprint density at radius 1 is 1.10 bits per heavy atom. The van der Waals surface area contributed by atoms with Gasteiger partial charge in [-0.3, -0.25) is 0 Å². The summed E-state index contributed by atoms with van der Waals surface area (Å²) in [6, 6.07) is 14.8. The van der Waals surface area contributed by atoms with E-state index in [1.165, 1.54) is 21.2 Å². The van der Waals surface area contributed by atoms with Crippen LogP contribution in [0, 0.1) is 5.92 Å². The molecule has 0 aromatic heterocycles. The van der Waals surface area contributed by atoms with E-state index >= 15 is 0 Å². The van der Waals surface area contributed by atoms with Gasteiger partial charge in [0, 0.05) is 41.0 Å². The molecule has 1 unspecified atom stereocenters. The Morgan fingerprint density at radius 2 is 1.86 bits per heavy atom. The molecule has 0 spiro atoms. The summed E-state index contributed by atoms with van der Waals surface area (Å²) in [6.07, 6.45) is 2.40. The first-order valence-electron chi connectivity index (χ1n) is 10.4. The maximum Gasteiger partial charge on any atom is 0.0701 e. The van der Waals surface area contributed by atoms with Crippen molar-refractivity contribution in [2.45, 2.75) is 35.7 Å². The SMILES string of the molecule is CC(CN1CCC(OCCO)CC1)CN1c2ccccc2Sc2ccc(Cl)cc21. The molecule has 0 bridgehead atoms. The Kier molecular flexibility index (Phi) is 7.04. The molecule has 2 aliphatic heterocycles. The van der Waals surface area contributed by atoms with Crippen molar-refractivity contribution >= 4 is 34.7 Å². The van der Waals surface area contributed by atoms with E-state index in [2.05, 4.69) is 53.1 Å². The fourth-order valence-corrected chi connectivity index (χ4v) is 5.53. The van der Waals surface area contributed by atoms with Gasteiger partial charge >= 0.3 is 0 Å².